The number of hydrogen-bond donors (Lipinski definition) is 1. The van der Waals surface area contributed by atoms with Gasteiger partial charge in [0.1, 0.15) is 5.25 Å². The first kappa shape index (κ1) is 25.4. The Bertz CT molecular complexity index is 1220. The van der Waals surface area contributed by atoms with Crippen molar-refractivity contribution in [2.45, 2.75) is 75.0 Å². The summed E-state index contributed by atoms with van der Waals surface area (Å²) in [6.45, 7) is 3.90. The molecule has 2 aromatic carbocycles. The van der Waals surface area contributed by atoms with Crippen LogP contribution in [0.5, 0.6) is 0 Å². The molecule has 4 rings (SSSR count). The van der Waals surface area contributed by atoms with Gasteiger partial charge < -0.3 is 5.32 Å². The van der Waals surface area contributed by atoms with Crippen LogP contribution in [-0.2, 0) is 26.0 Å². The van der Waals surface area contributed by atoms with Gasteiger partial charge >= 0.3 is 0 Å². The predicted molar refractivity (Wildman–Crippen MR) is 140 cm³/mol. The zero-order valence-corrected chi connectivity index (χ0v) is 21.7. The summed E-state index contributed by atoms with van der Waals surface area (Å²) in [4.78, 5) is 27.8. The Morgan fingerprint density at radius 3 is 2.43 bits per heavy atom. The highest BCUT2D eigenvalue weighted by atomic mass is 32.2. The van der Waals surface area contributed by atoms with E-state index in [-0.39, 0.29) is 34.3 Å². The largest absolute Gasteiger partial charge is 0.326 e. The second-order valence-electron chi connectivity index (χ2n) is 9.02. The lowest BCUT2D eigenvalue weighted by atomic mass is 9.94. The van der Waals surface area contributed by atoms with Gasteiger partial charge in [-0.2, -0.15) is 8.42 Å². The Morgan fingerprint density at radius 1 is 1.09 bits per heavy atom. The lowest BCUT2D eigenvalue weighted by Gasteiger charge is -2.30. The van der Waals surface area contributed by atoms with Gasteiger partial charge in [-0.15, -0.1) is 4.40 Å². The molecule has 2 aliphatic rings. The van der Waals surface area contributed by atoms with E-state index in [9.17, 15) is 18.0 Å². The van der Waals surface area contributed by atoms with Crippen molar-refractivity contribution in [2.24, 2.45) is 4.40 Å². The van der Waals surface area contributed by atoms with E-state index < -0.39 is 15.3 Å². The zero-order valence-electron chi connectivity index (χ0n) is 20.1. The van der Waals surface area contributed by atoms with Crippen molar-refractivity contribution in [1.82, 2.24) is 4.90 Å². The number of sulfonamides is 1. The highest BCUT2D eigenvalue weighted by molar-refractivity contribution is 8.16. The van der Waals surface area contributed by atoms with Gasteiger partial charge in [-0.25, -0.2) is 0 Å². The highest BCUT2D eigenvalue weighted by Gasteiger charge is 2.43. The van der Waals surface area contributed by atoms with Crippen molar-refractivity contribution >= 4 is 44.5 Å². The van der Waals surface area contributed by atoms with Crippen molar-refractivity contribution in [3.05, 3.63) is 59.7 Å². The fourth-order valence-electron chi connectivity index (χ4n) is 4.49. The molecule has 2 amide bonds. The molecule has 0 radical (unpaired) electrons. The molecular weight excluding hydrogens is 482 g/mol. The summed E-state index contributed by atoms with van der Waals surface area (Å²) in [5, 5.41) is 2.34. The number of amidine groups is 1. The molecule has 1 atom stereocenters. The molecule has 1 heterocycles. The monoisotopic (exact) mass is 513 g/mol. The zero-order chi connectivity index (χ0) is 25.0. The number of benzene rings is 2. The van der Waals surface area contributed by atoms with Crippen molar-refractivity contribution in [3.63, 3.8) is 0 Å². The fraction of sp³-hybridized carbons (Fsp3) is 0.423. The van der Waals surface area contributed by atoms with Crippen LogP contribution < -0.4 is 5.32 Å². The third-order valence-electron chi connectivity index (χ3n) is 6.52. The van der Waals surface area contributed by atoms with Crippen LogP contribution in [0, 0.1) is 6.92 Å². The summed E-state index contributed by atoms with van der Waals surface area (Å²) in [5.41, 5.74) is 2.66. The van der Waals surface area contributed by atoms with Crippen LogP contribution in [0.15, 0.2) is 57.8 Å². The number of aryl methyl sites for hydroxylation is 2. The predicted octanol–water partition coefficient (Wildman–Crippen LogP) is 4.91. The van der Waals surface area contributed by atoms with E-state index in [0.29, 0.717) is 5.69 Å². The first-order chi connectivity index (χ1) is 16.8. The molecule has 2 aromatic rings. The molecule has 2 fully saturated rings. The maximum Gasteiger partial charge on any atom is 0.284 e. The second kappa shape index (κ2) is 11.0. The summed E-state index contributed by atoms with van der Waals surface area (Å²) in [6, 6.07) is 14.0. The van der Waals surface area contributed by atoms with Gasteiger partial charge in [-0.1, -0.05) is 68.3 Å². The summed E-state index contributed by atoms with van der Waals surface area (Å²) >= 11 is 1.08. The minimum atomic E-state index is -4.00. The normalized spacial score (nSPS) is 20.4. The summed E-state index contributed by atoms with van der Waals surface area (Å²) < 4.78 is 30.3. The Labute approximate surface area is 211 Å². The number of carbonyl (C=O) groups is 2. The van der Waals surface area contributed by atoms with Crippen molar-refractivity contribution < 1.29 is 18.0 Å². The van der Waals surface area contributed by atoms with E-state index in [1.165, 1.54) is 0 Å². The van der Waals surface area contributed by atoms with E-state index in [4.69, 9.17) is 0 Å². The van der Waals surface area contributed by atoms with Gasteiger partial charge in [0.05, 0.1) is 4.90 Å². The maximum atomic E-state index is 13.4. The Kier molecular flexibility index (Phi) is 7.96. The molecule has 35 heavy (non-hydrogen) atoms. The number of anilines is 1. The molecule has 1 saturated carbocycles. The standard InChI is InChI=1S/C26H31N3O4S2/c1-3-19-13-15-21(16-14-19)35(32,33)28-26-29(20-10-5-4-6-11-20)25(31)23(34-26)17-24(30)27-22-12-8-7-9-18(22)2/h7-9,12-16,20,23H,3-6,10-11,17H2,1-2H3,(H,27,30)/t23-/m0/s1. The Hall–Kier alpha value is -2.65. The summed E-state index contributed by atoms with van der Waals surface area (Å²) in [5.74, 6) is -0.523. The molecule has 186 valence electrons. The van der Waals surface area contributed by atoms with Crippen LogP contribution in [-0.4, -0.2) is 41.6 Å². The number of thioether (sulfide) groups is 1. The molecule has 0 aromatic heterocycles. The molecular formula is C26H31N3O4S2. The van der Waals surface area contributed by atoms with Crippen LogP contribution >= 0.6 is 11.8 Å². The van der Waals surface area contributed by atoms with E-state index in [1.54, 1.807) is 29.2 Å². The number of carbonyl (C=O) groups excluding carboxylic acids is 2. The second-order valence-corrected chi connectivity index (χ2v) is 11.8. The van der Waals surface area contributed by atoms with Crippen LogP contribution in [0.25, 0.3) is 0 Å². The van der Waals surface area contributed by atoms with Gasteiger partial charge in [-0.3, -0.25) is 14.5 Å². The van der Waals surface area contributed by atoms with Gasteiger partial charge in [0.25, 0.3) is 10.0 Å². The first-order valence-electron chi connectivity index (χ1n) is 12.1. The lowest BCUT2D eigenvalue weighted by molar-refractivity contribution is -0.130. The van der Waals surface area contributed by atoms with Crippen LogP contribution in [0.3, 0.4) is 0 Å². The van der Waals surface area contributed by atoms with E-state index in [1.807, 2.05) is 38.1 Å². The molecule has 1 saturated heterocycles. The average Bonchev–Trinajstić information content (AvgIpc) is 3.14. The molecule has 7 nitrogen and oxygen atoms in total. The number of nitrogens with one attached hydrogen (secondary N) is 1. The third-order valence-corrected chi connectivity index (χ3v) is 9.07. The minimum absolute atomic E-state index is 0.0503. The number of nitrogens with zero attached hydrogens (tertiary/aromatic N) is 2. The van der Waals surface area contributed by atoms with Crippen LogP contribution in [0.4, 0.5) is 5.69 Å². The molecule has 1 aliphatic carbocycles. The quantitative estimate of drug-likeness (QED) is 0.568. The fourth-order valence-corrected chi connectivity index (χ4v) is 6.89. The molecule has 9 heteroatoms. The van der Waals surface area contributed by atoms with Crippen molar-refractivity contribution in [1.29, 1.82) is 0 Å². The number of para-hydroxylation sites is 1. The topological polar surface area (TPSA) is 95.9 Å². The van der Waals surface area contributed by atoms with E-state index >= 15 is 0 Å². The average molecular weight is 514 g/mol. The smallest absolute Gasteiger partial charge is 0.284 e. The minimum Gasteiger partial charge on any atom is -0.326 e. The molecule has 1 N–H and O–H groups in total. The van der Waals surface area contributed by atoms with Crippen LogP contribution in [0.2, 0.25) is 0 Å². The van der Waals surface area contributed by atoms with E-state index in [2.05, 4.69) is 9.71 Å². The number of rotatable bonds is 7. The molecule has 0 spiro atoms. The molecule has 1 aliphatic heterocycles. The summed E-state index contributed by atoms with van der Waals surface area (Å²) in [7, 11) is -4.00. The van der Waals surface area contributed by atoms with Gasteiger partial charge in [0.15, 0.2) is 5.17 Å². The molecule has 0 bridgehead atoms. The van der Waals surface area contributed by atoms with Crippen LogP contribution in [0.1, 0.15) is 56.6 Å². The lowest BCUT2D eigenvalue weighted by Crippen LogP contribution is -2.42. The number of hydrogen-bond acceptors (Lipinski definition) is 5. The molecule has 0 unspecified atom stereocenters. The van der Waals surface area contributed by atoms with E-state index in [0.717, 1.165) is 61.4 Å². The van der Waals surface area contributed by atoms with Gasteiger partial charge in [-0.05, 0) is 55.5 Å². The number of amides is 2. The summed E-state index contributed by atoms with van der Waals surface area (Å²) in [6.07, 6.45) is 5.43. The third kappa shape index (κ3) is 5.95. The highest BCUT2D eigenvalue weighted by Crippen LogP contribution is 2.36. The SMILES string of the molecule is CCc1ccc(S(=O)(=O)N=C2S[C@@H](CC(=O)Nc3ccccc3C)C(=O)N2C2CCCCC2)cc1. The van der Waals surface area contributed by atoms with Crippen molar-refractivity contribution in [2.75, 3.05) is 5.32 Å². The van der Waals surface area contributed by atoms with Gasteiger partial charge in [0.2, 0.25) is 11.8 Å². The first-order valence-corrected chi connectivity index (χ1v) is 14.4. The maximum absolute atomic E-state index is 13.4. The van der Waals surface area contributed by atoms with Gasteiger partial charge in [0, 0.05) is 18.2 Å². The Morgan fingerprint density at radius 2 is 1.77 bits per heavy atom. The van der Waals surface area contributed by atoms with Crippen molar-refractivity contribution in [3.8, 4) is 0 Å². The Balaban J connectivity index is 1.58.